The van der Waals surface area contributed by atoms with Crippen LogP contribution in [0.15, 0.2) is 48.5 Å². The predicted molar refractivity (Wildman–Crippen MR) is 116 cm³/mol. The highest BCUT2D eigenvalue weighted by molar-refractivity contribution is 5.95. The SMILES string of the molecule is CC(C)(C)N1C[C@H](C(=O)N2C(=O)OC[C@@H]2Cc2ccccc2)[C@@H](c2ccc(F)cc2F)C1. The second-order valence-corrected chi connectivity index (χ2v) is 9.58. The fourth-order valence-corrected chi connectivity index (χ4v) is 4.66. The topological polar surface area (TPSA) is 49.9 Å². The molecular formula is C25H28F2N2O3. The molecule has 2 aliphatic heterocycles. The van der Waals surface area contributed by atoms with Crippen molar-refractivity contribution in [1.82, 2.24) is 9.80 Å². The summed E-state index contributed by atoms with van der Waals surface area (Å²) in [5.74, 6) is -2.83. The molecule has 32 heavy (non-hydrogen) atoms. The Kier molecular flexibility index (Phi) is 6.03. The Bertz CT molecular complexity index is 1010. The van der Waals surface area contributed by atoms with Crippen molar-refractivity contribution in [3.8, 4) is 0 Å². The molecule has 0 spiro atoms. The van der Waals surface area contributed by atoms with Crippen molar-refractivity contribution in [1.29, 1.82) is 0 Å². The molecule has 2 heterocycles. The van der Waals surface area contributed by atoms with Crippen LogP contribution in [0.2, 0.25) is 0 Å². The Hall–Kier alpha value is -2.80. The van der Waals surface area contributed by atoms with E-state index in [2.05, 4.69) is 4.90 Å². The van der Waals surface area contributed by atoms with E-state index in [1.807, 2.05) is 51.1 Å². The molecule has 2 amide bonds. The molecule has 0 unspecified atom stereocenters. The van der Waals surface area contributed by atoms with Crippen molar-refractivity contribution >= 4 is 12.0 Å². The van der Waals surface area contributed by atoms with Crippen LogP contribution in [0.3, 0.4) is 0 Å². The van der Waals surface area contributed by atoms with Crippen molar-refractivity contribution in [2.75, 3.05) is 19.7 Å². The molecule has 0 aliphatic carbocycles. The van der Waals surface area contributed by atoms with Crippen molar-refractivity contribution in [3.05, 3.63) is 71.3 Å². The highest BCUT2D eigenvalue weighted by Crippen LogP contribution is 2.39. The molecule has 2 aromatic carbocycles. The van der Waals surface area contributed by atoms with Crippen LogP contribution in [0, 0.1) is 17.6 Å². The van der Waals surface area contributed by atoms with Crippen LogP contribution >= 0.6 is 0 Å². The average Bonchev–Trinajstić information content (AvgIpc) is 3.33. The molecular weight excluding hydrogens is 414 g/mol. The van der Waals surface area contributed by atoms with Crippen molar-refractivity contribution in [2.45, 2.75) is 44.7 Å². The van der Waals surface area contributed by atoms with Gasteiger partial charge in [0.1, 0.15) is 18.2 Å². The van der Waals surface area contributed by atoms with E-state index in [9.17, 15) is 18.4 Å². The molecule has 0 bridgehead atoms. The third kappa shape index (κ3) is 4.39. The van der Waals surface area contributed by atoms with Crippen LogP contribution in [-0.4, -0.2) is 53.1 Å². The maximum Gasteiger partial charge on any atom is 0.416 e. The molecule has 2 aliphatic rings. The lowest BCUT2D eigenvalue weighted by molar-refractivity contribution is -0.133. The Morgan fingerprint density at radius 3 is 2.47 bits per heavy atom. The Balaban J connectivity index is 1.64. The van der Waals surface area contributed by atoms with Crippen LogP contribution in [0.4, 0.5) is 13.6 Å². The minimum Gasteiger partial charge on any atom is -0.447 e. The first-order valence-electron chi connectivity index (χ1n) is 10.9. The van der Waals surface area contributed by atoms with Crippen LogP contribution in [0.1, 0.15) is 37.8 Å². The summed E-state index contributed by atoms with van der Waals surface area (Å²) in [7, 11) is 0. The minimum absolute atomic E-state index is 0.130. The summed E-state index contributed by atoms with van der Waals surface area (Å²) in [6.07, 6.45) is -0.174. The van der Waals surface area contributed by atoms with Crippen molar-refractivity contribution in [2.24, 2.45) is 5.92 Å². The van der Waals surface area contributed by atoms with Gasteiger partial charge in [-0.25, -0.2) is 18.5 Å². The highest BCUT2D eigenvalue weighted by atomic mass is 19.1. The minimum atomic E-state index is -0.673. The number of amides is 2. The summed E-state index contributed by atoms with van der Waals surface area (Å²) in [6, 6.07) is 12.7. The number of halogens is 2. The Labute approximate surface area is 187 Å². The Morgan fingerprint density at radius 1 is 1.09 bits per heavy atom. The molecule has 2 saturated heterocycles. The highest BCUT2D eigenvalue weighted by Gasteiger charge is 2.48. The number of cyclic esters (lactones) is 1. The van der Waals surface area contributed by atoms with Crippen LogP contribution in [-0.2, 0) is 16.0 Å². The lowest BCUT2D eigenvalue weighted by Gasteiger charge is -2.32. The monoisotopic (exact) mass is 442 g/mol. The molecule has 0 N–H and O–H groups in total. The first-order valence-corrected chi connectivity index (χ1v) is 10.9. The zero-order valence-corrected chi connectivity index (χ0v) is 18.6. The van der Waals surface area contributed by atoms with Gasteiger partial charge in [-0.2, -0.15) is 0 Å². The van der Waals surface area contributed by atoms with Gasteiger partial charge in [0.2, 0.25) is 5.91 Å². The lowest BCUT2D eigenvalue weighted by Crippen LogP contribution is -2.46. The van der Waals surface area contributed by atoms with Crippen LogP contribution < -0.4 is 0 Å². The third-order valence-electron chi connectivity index (χ3n) is 6.46. The Morgan fingerprint density at radius 2 is 1.81 bits per heavy atom. The van der Waals surface area contributed by atoms with Gasteiger partial charge in [0.15, 0.2) is 0 Å². The molecule has 2 aromatic rings. The summed E-state index contributed by atoms with van der Waals surface area (Å²) >= 11 is 0. The maximum absolute atomic E-state index is 14.7. The smallest absolute Gasteiger partial charge is 0.416 e. The fourth-order valence-electron chi connectivity index (χ4n) is 4.66. The van der Waals surface area contributed by atoms with Gasteiger partial charge in [-0.1, -0.05) is 36.4 Å². The third-order valence-corrected chi connectivity index (χ3v) is 6.46. The van der Waals surface area contributed by atoms with E-state index in [1.54, 1.807) is 0 Å². The first-order chi connectivity index (χ1) is 15.1. The number of carbonyl (C=O) groups is 2. The van der Waals surface area contributed by atoms with Crippen LogP contribution in [0.5, 0.6) is 0 Å². The van der Waals surface area contributed by atoms with Gasteiger partial charge in [-0.3, -0.25) is 9.69 Å². The summed E-state index contributed by atoms with van der Waals surface area (Å²) in [5, 5.41) is 0. The number of hydrogen-bond acceptors (Lipinski definition) is 4. The molecule has 5 nitrogen and oxygen atoms in total. The number of rotatable bonds is 4. The maximum atomic E-state index is 14.7. The molecule has 4 rings (SSSR count). The van der Waals surface area contributed by atoms with Gasteiger partial charge in [0.25, 0.3) is 0 Å². The summed E-state index contributed by atoms with van der Waals surface area (Å²) in [4.78, 5) is 29.6. The molecule has 170 valence electrons. The van der Waals surface area contributed by atoms with E-state index in [-0.39, 0.29) is 18.1 Å². The quantitative estimate of drug-likeness (QED) is 0.706. The number of hydrogen-bond donors (Lipinski definition) is 0. The standard InChI is InChI=1S/C25H28F2N2O3/c1-25(2,3)28-13-20(19-10-9-17(26)12-22(19)27)21(14-28)23(30)29-18(15-32-24(29)31)11-16-7-5-4-6-8-16/h4-10,12,18,20-21H,11,13-15H2,1-3H3/t18-,20+,21-/m0/s1. The number of benzene rings is 2. The van der Waals surface area contributed by atoms with Gasteiger partial charge < -0.3 is 4.74 Å². The van der Waals surface area contributed by atoms with Gasteiger partial charge in [-0.15, -0.1) is 0 Å². The zero-order chi connectivity index (χ0) is 23.0. The van der Waals surface area contributed by atoms with E-state index in [1.165, 1.54) is 17.0 Å². The number of nitrogens with zero attached hydrogens (tertiary/aromatic N) is 2. The van der Waals surface area contributed by atoms with E-state index in [0.29, 0.717) is 25.1 Å². The van der Waals surface area contributed by atoms with E-state index in [0.717, 1.165) is 11.6 Å². The summed E-state index contributed by atoms with van der Waals surface area (Å²) < 4.78 is 33.5. The molecule has 2 fully saturated rings. The van der Waals surface area contributed by atoms with E-state index >= 15 is 0 Å². The van der Waals surface area contributed by atoms with E-state index in [4.69, 9.17) is 4.74 Å². The number of likely N-dealkylation sites (tertiary alicyclic amines) is 1. The lowest BCUT2D eigenvalue weighted by atomic mass is 9.87. The molecule has 7 heteroatoms. The summed E-state index contributed by atoms with van der Waals surface area (Å²) in [6.45, 7) is 7.03. The normalized spacial score (nSPS) is 24.1. The number of imide groups is 1. The molecule has 0 aromatic heterocycles. The summed E-state index contributed by atoms with van der Waals surface area (Å²) in [5.41, 5.74) is 1.04. The van der Waals surface area contributed by atoms with Crippen molar-refractivity contribution < 1.29 is 23.1 Å². The van der Waals surface area contributed by atoms with E-state index < -0.39 is 35.6 Å². The first kappa shape index (κ1) is 22.4. The number of carbonyl (C=O) groups excluding carboxylic acids is 2. The largest absolute Gasteiger partial charge is 0.447 e. The fraction of sp³-hybridized carbons (Fsp3) is 0.440. The van der Waals surface area contributed by atoms with Gasteiger partial charge in [0, 0.05) is 30.6 Å². The molecule has 0 saturated carbocycles. The van der Waals surface area contributed by atoms with Crippen molar-refractivity contribution in [3.63, 3.8) is 0 Å². The number of ether oxygens (including phenoxy) is 1. The zero-order valence-electron chi connectivity index (χ0n) is 18.6. The van der Waals surface area contributed by atoms with Gasteiger partial charge in [-0.05, 0) is 44.4 Å². The average molecular weight is 443 g/mol. The molecule has 0 radical (unpaired) electrons. The molecule has 3 atom stereocenters. The second kappa shape index (κ2) is 8.62. The van der Waals surface area contributed by atoms with Crippen LogP contribution in [0.25, 0.3) is 0 Å². The predicted octanol–water partition coefficient (Wildman–Crippen LogP) is 4.37. The van der Waals surface area contributed by atoms with Gasteiger partial charge in [0.05, 0.1) is 12.0 Å². The van der Waals surface area contributed by atoms with Gasteiger partial charge >= 0.3 is 6.09 Å². The second-order valence-electron chi connectivity index (χ2n) is 9.58.